The van der Waals surface area contributed by atoms with Gasteiger partial charge in [0.2, 0.25) is 0 Å². The van der Waals surface area contributed by atoms with E-state index in [0.29, 0.717) is 23.3 Å². The van der Waals surface area contributed by atoms with Crippen LogP contribution >= 0.6 is 11.6 Å². The summed E-state index contributed by atoms with van der Waals surface area (Å²) in [5.74, 6) is 1.29. The lowest BCUT2D eigenvalue weighted by atomic mass is 10.1. The first kappa shape index (κ1) is 23.6. The molecule has 1 aliphatic heterocycles. The Morgan fingerprint density at radius 3 is 2.37 bits per heavy atom. The predicted molar refractivity (Wildman–Crippen MR) is 141 cm³/mol. The maximum Gasteiger partial charge on any atom is 0.193 e. The molecular formula is C29H29ClN2O3. The molecule has 0 saturated carbocycles. The van der Waals surface area contributed by atoms with Crippen LogP contribution in [0, 0.1) is 0 Å². The van der Waals surface area contributed by atoms with Gasteiger partial charge in [-0.25, -0.2) is 0 Å². The second-order valence-corrected chi connectivity index (χ2v) is 9.38. The van der Waals surface area contributed by atoms with Crippen LogP contribution in [0.2, 0.25) is 5.02 Å². The highest BCUT2D eigenvalue weighted by molar-refractivity contribution is 6.30. The third-order valence-corrected chi connectivity index (χ3v) is 6.68. The summed E-state index contributed by atoms with van der Waals surface area (Å²) < 4.78 is 12.0. The highest BCUT2D eigenvalue weighted by Crippen LogP contribution is 2.25. The summed E-state index contributed by atoms with van der Waals surface area (Å²) in [6.45, 7) is 6.87. The molecule has 0 atom stereocenters. The maximum atomic E-state index is 12.5. The van der Waals surface area contributed by atoms with Gasteiger partial charge in [-0.2, -0.15) is 0 Å². The number of piperazine rings is 1. The molecule has 6 heteroatoms. The van der Waals surface area contributed by atoms with Gasteiger partial charge < -0.3 is 14.1 Å². The summed E-state index contributed by atoms with van der Waals surface area (Å²) in [5, 5.41) is 1.35. The van der Waals surface area contributed by atoms with Crippen LogP contribution in [0.1, 0.15) is 12.0 Å². The van der Waals surface area contributed by atoms with Crippen molar-refractivity contribution in [3.05, 3.63) is 99.7 Å². The summed E-state index contributed by atoms with van der Waals surface area (Å²) in [4.78, 5) is 17.5. The molecule has 0 radical (unpaired) electrons. The molecule has 1 fully saturated rings. The fourth-order valence-electron chi connectivity index (χ4n) is 4.47. The van der Waals surface area contributed by atoms with Crippen LogP contribution in [0.15, 0.2) is 88.1 Å². The first-order valence-electron chi connectivity index (χ1n) is 12.1. The Balaban J connectivity index is 1.10. The van der Waals surface area contributed by atoms with Crippen LogP contribution in [-0.4, -0.2) is 49.1 Å². The second kappa shape index (κ2) is 11.1. The van der Waals surface area contributed by atoms with Crippen molar-refractivity contribution in [1.29, 1.82) is 0 Å². The number of fused-ring (bicyclic) bond motifs is 1. The molecule has 1 aromatic heterocycles. The zero-order chi connectivity index (χ0) is 24.0. The quantitative estimate of drug-likeness (QED) is 0.298. The standard InChI is InChI=1S/C29H29ClN2O3/c30-24-9-7-22(8-10-24)21-32-16-14-31(15-17-32)13-4-18-34-25-11-12-26-27(33)20-28(35-29(26)19-25)23-5-2-1-3-6-23/h1-3,5-12,19-20H,4,13-18,21H2. The van der Waals surface area contributed by atoms with E-state index in [1.165, 1.54) is 5.56 Å². The number of nitrogens with zero attached hydrogens (tertiary/aromatic N) is 2. The van der Waals surface area contributed by atoms with E-state index in [0.717, 1.165) is 62.0 Å². The molecule has 1 aliphatic rings. The van der Waals surface area contributed by atoms with Gasteiger partial charge in [-0.1, -0.05) is 54.1 Å². The van der Waals surface area contributed by atoms with Gasteiger partial charge in [0.1, 0.15) is 17.1 Å². The van der Waals surface area contributed by atoms with Crippen molar-refractivity contribution in [2.24, 2.45) is 0 Å². The molecular weight excluding hydrogens is 460 g/mol. The molecule has 1 saturated heterocycles. The van der Waals surface area contributed by atoms with Crippen molar-refractivity contribution in [2.75, 3.05) is 39.3 Å². The van der Waals surface area contributed by atoms with Gasteiger partial charge in [-0.3, -0.25) is 9.69 Å². The smallest absolute Gasteiger partial charge is 0.193 e. The first-order valence-corrected chi connectivity index (χ1v) is 12.5. The molecule has 0 bridgehead atoms. The van der Waals surface area contributed by atoms with E-state index >= 15 is 0 Å². The van der Waals surface area contributed by atoms with Gasteiger partial charge in [-0.05, 0) is 36.2 Å². The van der Waals surface area contributed by atoms with Crippen molar-refractivity contribution in [3.63, 3.8) is 0 Å². The number of hydrogen-bond acceptors (Lipinski definition) is 5. The van der Waals surface area contributed by atoms with Gasteiger partial charge >= 0.3 is 0 Å². The largest absolute Gasteiger partial charge is 0.493 e. The Morgan fingerprint density at radius 2 is 1.60 bits per heavy atom. The van der Waals surface area contributed by atoms with Crippen LogP contribution in [0.5, 0.6) is 5.75 Å². The highest BCUT2D eigenvalue weighted by Gasteiger charge is 2.16. The van der Waals surface area contributed by atoms with E-state index in [1.54, 1.807) is 12.1 Å². The highest BCUT2D eigenvalue weighted by atomic mass is 35.5. The third-order valence-electron chi connectivity index (χ3n) is 6.43. The molecule has 0 N–H and O–H groups in total. The van der Waals surface area contributed by atoms with E-state index < -0.39 is 0 Å². The summed E-state index contributed by atoms with van der Waals surface area (Å²) in [7, 11) is 0. The Hall–Kier alpha value is -3.12. The predicted octanol–water partition coefficient (Wildman–Crippen LogP) is 5.70. The van der Waals surface area contributed by atoms with Crippen LogP contribution in [-0.2, 0) is 6.54 Å². The van der Waals surface area contributed by atoms with Crippen LogP contribution in [0.3, 0.4) is 0 Å². The normalized spacial score (nSPS) is 14.9. The summed E-state index contributed by atoms with van der Waals surface area (Å²) in [5.41, 5.74) is 2.68. The molecule has 0 spiro atoms. The molecule has 35 heavy (non-hydrogen) atoms. The van der Waals surface area contributed by atoms with E-state index in [4.69, 9.17) is 20.8 Å². The summed E-state index contributed by atoms with van der Waals surface area (Å²) >= 11 is 5.99. The minimum absolute atomic E-state index is 0.0492. The number of halogens is 1. The summed E-state index contributed by atoms with van der Waals surface area (Å²) in [6.07, 6.45) is 0.948. The first-order chi connectivity index (χ1) is 17.1. The monoisotopic (exact) mass is 488 g/mol. The van der Waals surface area contributed by atoms with Crippen molar-refractivity contribution in [3.8, 4) is 17.1 Å². The lowest BCUT2D eigenvalue weighted by Crippen LogP contribution is -2.46. The average Bonchev–Trinajstić information content (AvgIpc) is 2.89. The van der Waals surface area contributed by atoms with Gasteiger partial charge in [-0.15, -0.1) is 0 Å². The number of ether oxygens (including phenoxy) is 1. The lowest BCUT2D eigenvalue weighted by molar-refractivity contribution is 0.121. The average molecular weight is 489 g/mol. The SMILES string of the molecule is O=c1cc(-c2ccccc2)oc2cc(OCCCN3CCN(Cc4ccc(Cl)cc4)CC3)ccc12. The van der Waals surface area contributed by atoms with Crippen LogP contribution in [0.4, 0.5) is 0 Å². The van der Waals surface area contributed by atoms with E-state index in [1.807, 2.05) is 54.6 Å². The number of rotatable bonds is 8. The third kappa shape index (κ3) is 6.12. The fourth-order valence-corrected chi connectivity index (χ4v) is 4.59. The molecule has 0 unspecified atom stereocenters. The van der Waals surface area contributed by atoms with Crippen LogP contribution in [0.25, 0.3) is 22.3 Å². The Bertz CT molecular complexity index is 1310. The summed E-state index contributed by atoms with van der Waals surface area (Å²) in [6, 6.07) is 24.8. The molecule has 2 heterocycles. The van der Waals surface area contributed by atoms with Crippen molar-refractivity contribution >= 4 is 22.6 Å². The van der Waals surface area contributed by atoms with E-state index in [9.17, 15) is 4.79 Å². The van der Waals surface area contributed by atoms with Crippen molar-refractivity contribution in [2.45, 2.75) is 13.0 Å². The lowest BCUT2D eigenvalue weighted by Gasteiger charge is -2.34. The van der Waals surface area contributed by atoms with Gasteiger partial charge in [0, 0.05) is 62.0 Å². The molecule has 5 rings (SSSR count). The molecule has 3 aromatic carbocycles. The second-order valence-electron chi connectivity index (χ2n) is 8.95. The molecule has 0 aliphatic carbocycles. The molecule has 5 nitrogen and oxygen atoms in total. The van der Waals surface area contributed by atoms with Crippen molar-refractivity contribution < 1.29 is 9.15 Å². The number of hydrogen-bond donors (Lipinski definition) is 0. The molecule has 4 aromatic rings. The Labute approximate surface area is 210 Å². The number of benzene rings is 3. The van der Waals surface area contributed by atoms with E-state index in [2.05, 4.69) is 21.9 Å². The minimum atomic E-state index is -0.0492. The van der Waals surface area contributed by atoms with Gasteiger partial charge in [0.15, 0.2) is 5.43 Å². The van der Waals surface area contributed by atoms with E-state index in [-0.39, 0.29) is 5.43 Å². The maximum absolute atomic E-state index is 12.5. The Morgan fingerprint density at radius 1 is 0.857 bits per heavy atom. The van der Waals surface area contributed by atoms with Crippen molar-refractivity contribution in [1.82, 2.24) is 9.80 Å². The Kier molecular flexibility index (Phi) is 7.48. The zero-order valence-electron chi connectivity index (χ0n) is 19.7. The van der Waals surface area contributed by atoms with Crippen LogP contribution < -0.4 is 10.2 Å². The zero-order valence-corrected chi connectivity index (χ0v) is 20.4. The fraction of sp³-hybridized carbons (Fsp3) is 0.276. The molecule has 0 amide bonds. The van der Waals surface area contributed by atoms with Gasteiger partial charge in [0.25, 0.3) is 0 Å². The topological polar surface area (TPSA) is 45.9 Å². The molecule has 180 valence electrons. The minimum Gasteiger partial charge on any atom is -0.493 e. The van der Waals surface area contributed by atoms with Gasteiger partial charge in [0.05, 0.1) is 12.0 Å².